The largest absolute Gasteiger partial charge is 0.478 e. The molecule has 0 unspecified atom stereocenters. The number of benzene rings is 2. The van der Waals surface area contributed by atoms with Crippen molar-refractivity contribution in [2.24, 2.45) is 0 Å². The van der Waals surface area contributed by atoms with Crippen molar-refractivity contribution >= 4 is 32.9 Å². The number of hydrogen-bond donors (Lipinski definition) is 1. The Bertz CT molecular complexity index is 798. The van der Waals surface area contributed by atoms with E-state index in [1.165, 1.54) is 6.07 Å². The quantitative estimate of drug-likeness (QED) is 0.801. The van der Waals surface area contributed by atoms with Crippen LogP contribution < -0.4 is 0 Å². The standard InChI is InChI=1S/C14H10BrN3O2/c15-11-6-2-1-4-9(11)8-18-12-7-3-5-10(14(19)20)13(12)16-17-18/h1-7H,8H2,(H,19,20). The van der Waals surface area contributed by atoms with Gasteiger partial charge in [-0.1, -0.05) is 45.4 Å². The van der Waals surface area contributed by atoms with Crippen LogP contribution in [0.3, 0.4) is 0 Å². The zero-order valence-corrected chi connectivity index (χ0v) is 11.9. The molecule has 1 N–H and O–H groups in total. The van der Waals surface area contributed by atoms with Gasteiger partial charge in [-0.3, -0.25) is 0 Å². The highest BCUT2D eigenvalue weighted by molar-refractivity contribution is 9.10. The van der Waals surface area contributed by atoms with Crippen LogP contribution in [0.25, 0.3) is 11.0 Å². The first-order chi connectivity index (χ1) is 9.66. The van der Waals surface area contributed by atoms with Crippen molar-refractivity contribution in [3.05, 3.63) is 58.1 Å². The number of halogens is 1. The maximum Gasteiger partial charge on any atom is 0.338 e. The van der Waals surface area contributed by atoms with E-state index in [0.717, 1.165) is 10.0 Å². The second-order valence-corrected chi connectivity index (χ2v) is 5.17. The van der Waals surface area contributed by atoms with Crippen LogP contribution in [0.1, 0.15) is 15.9 Å². The van der Waals surface area contributed by atoms with E-state index in [2.05, 4.69) is 26.2 Å². The summed E-state index contributed by atoms with van der Waals surface area (Å²) in [5.74, 6) is -0.997. The fourth-order valence-corrected chi connectivity index (χ4v) is 2.48. The number of rotatable bonds is 3. The van der Waals surface area contributed by atoms with Gasteiger partial charge in [0, 0.05) is 4.47 Å². The Labute approximate surface area is 123 Å². The summed E-state index contributed by atoms with van der Waals surface area (Å²) in [5, 5.41) is 17.2. The summed E-state index contributed by atoms with van der Waals surface area (Å²) in [6.07, 6.45) is 0. The third kappa shape index (κ3) is 2.18. The van der Waals surface area contributed by atoms with Gasteiger partial charge in [-0.15, -0.1) is 5.10 Å². The lowest BCUT2D eigenvalue weighted by Gasteiger charge is -2.05. The van der Waals surface area contributed by atoms with Crippen LogP contribution in [0.2, 0.25) is 0 Å². The van der Waals surface area contributed by atoms with E-state index in [1.54, 1.807) is 10.7 Å². The number of hydrogen-bond acceptors (Lipinski definition) is 3. The monoisotopic (exact) mass is 331 g/mol. The van der Waals surface area contributed by atoms with Crippen molar-refractivity contribution < 1.29 is 9.90 Å². The van der Waals surface area contributed by atoms with Crippen LogP contribution in [0.4, 0.5) is 0 Å². The highest BCUT2D eigenvalue weighted by Gasteiger charge is 2.14. The minimum Gasteiger partial charge on any atom is -0.478 e. The second kappa shape index (κ2) is 5.05. The van der Waals surface area contributed by atoms with Gasteiger partial charge in [0.1, 0.15) is 5.52 Å². The molecule has 0 amide bonds. The molecule has 0 aliphatic heterocycles. The molecular formula is C14H10BrN3O2. The molecule has 0 fully saturated rings. The van der Waals surface area contributed by atoms with E-state index in [9.17, 15) is 4.79 Å². The summed E-state index contributed by atoms with van der Waals surface area (Å²) >= 11 is 3.49. The van der Waals surface area contributed by atoms with Crippen molar-refractivity contribution in [2.45, 2.75) is 6.54 Å². The van der Waals surface area contributed by atoms with E-state index < -0.39 is 5.97 Å². The lowest BCUT2D eigenvalue weighted by Crippen LogP contribution is -2.02. The molecule has 0 aliphatic rings. The Kier molecular flexibility index (Phi) is 3.23. The van der Waals surface area contributed by atoms with E-state index >= 15 is 0 Å². The van der Waals surface area contributed by atoms with Crippen LogP contribution in [0.5, 0.6) is 0 Å². The van der Waals surface area contributed by atoms with Gasteiger partial charge in [0.15, 0.2) is 0 Å². The fourth-order valence-electron chi connectivity index (χ4n) is 2.07. The van der Waals surface area contributed by atoms with Crippen molar-refractivity contribution in [3.63, 3.8) is 0 Å². The molecule has 1 heterocycles. The Morgan fingerprint density at radius 3 is 2.75 bits per heavy atom. The van der Waals surface area contributed by atoms with Crippen molar-refractivity contribution in [1.82, 2.24) is 15.0 Å². The minimum absolute atomic E-state index is 0.167. The van der Waals surface area contributed by atoms with E-state index in [0.29, 0.717) is 17.6 Å². The molecule has 20 heavy (non-hydrogen) atoms. The van der Waals surface area contributed by atoms with Gasteiger partial charge in [-0.05, 0) is 23.8 Å². The summed E-state index contributed by atoms with van der Waals surface area (Å²) in [7, 11) is 0. The zero-order chi connectivity index (χ0) is 14.1. The third-order valence-corrected chi connectivity index (χ3v) is 3.83. The van der Waals surface area contributed by atoms with Crippen LogP contribution in [-0.4, -0.2) is 26.1 Å². The van der Waals surface area contributed by atoms with E-state index in [1.807, 2.05) is 30.3 Å². The Balaban J connectivity index is 2.08. The summed E-state index contributed by atoms with van der Waals surface area (Å²) in [4.78, 5) is 11.2. The van der Waals surface area contributed by atoms with E-state index in [4.69, 9.17) is 5.11 Å². The van der Waals surface area contributed by atoms with Gasteiger partial charge >= 0.3 is 5.97 Å². The Morgan fingerprint density at radius 2 is 2.00 bits per heavy atom. The molecule has 1 aromatic heterocycles. The summed E-state index contributed by atoms with van der Waals surface area (Å²) in [6, 6.07) is 12.9. The molecule has 0 aliphatic carbocycles. The van der Waals surface area contributed by atoms with Gasteiger partial charge in [0.2, 0.25) is 0 Å². The average molecular weight is 332 g/mol. The molecule has 0 bridgehead atoms. The van der Waals surface area contributed by atoms with Gasteiger partial charge in [-0.2, -0.15) is 0 Å². The molecule has 0 radical (unpaired) electrons. The Morgan fingerprint density at radius 1 is 1.20 bits per heavy atom. The van der Waals surface area contributed by atoms with Crippen LogP contribution >= 0.6 is 15.9 Å². The van der Waals surface area contributed by atoms with Gasteiger partial charge in [0.25, 0.3) is 0 Å². The molecule has 2 aromatic carbocycles. The first-order valence-electron chi connectivity index (χ1n) is 5.96. The molecule has 3 rings (SSSR count). The number of fused-ring (bicyclic) bond motifs is 1. The normalized spacial score (nSPS) is 10.8. The van der Waals surface area contributed by atoms with Crippen LogP contribution in [0, 0.1) is 0 Å². The summed E-state index contributed by atoms with van der Waals surface area (Å²) < 4.78 is 2.68. The molecule has 0 saturated carbocycles. The first-order valence-corrected chi connectivity index (χ1v) is 6.75. The predicted molar refractivity (Wildman–Crippen MR) is 77.7 cm³/mol. The lowest BCUT2D eigenvalue weighted by atomic mass is 10.2. The highest BCUT2D eigenvalue weighted by Crippen LogP contribution is 2.20. The maximum absolute atomic E-state index is 11.2. The number of carboxylic acids is 1. The van der Waals surface area contributed by atoms with Crippen LogP contribution in [0.15, 0.2) is 46.9 Å². The predicted octanol–water partition coefficient (Wildman–Crippen LogP) is 2.94. The minimum atomic E-state index is -0.997. The highest BCUT2D eigenvalue weighted by atomic mass is 79.9. The fraction of sp³-hybridized carbons (Fsp3) is 0.0714. The molecule has 0 saturated heterocycles. The number of nitrogens with zero attached hydrogens (tertiary/aromatic N) is 3. The SMILES string of the molecule is O=C(O)c1cccc2c1nnn2Cc1ccccc1Br. The smallest absolute Gasteiger partial charge is 0.338 e. The average Bonchev–Trinajstić information content (AvgIpc) is 2.84. The molecule has 0 atom stereocenters. The van der Waals surface area contributed by atoms with Gasteiger partial charge in [-0.25, -0.2) is 9.48 Å². The van der Waals surface area contributed by atoms with Crippen molar-refractivity contribution in [2.75, 3.05) is 0 Å². The number of aromatic nitrogens is 3. The lowest BCUT2D eigenvalue weighted by molar-refractivity contribution is 0.0699. The van der Waals surface area contributed by atoms with Crippen molar-refractivity contribution in [1.29, 1.82) is 0 Å². The van der Waals surface area contributed by atoms with E-state index in [-0.39, 0.29) is 5.56 Å². The molecule has 0 spiro atoms. The summed E-state index contributed by atoms with van der Waals surface area (Å²) in [6.45, 7) is 0.529. The molecule has 5 nitrogen and oxygen atoms in total. The topological polar surface area (TPSA) is 68.0 Å². The van der Waals surface area contributed by atoms with Crippen LogP contribution in [-0.2, 0) is 6.54 Å². The van der Waals surface area contributed by atoms with Crippen molar-refractivity contribution in [3.8, 4) is 0 Å². The number of carboxylic acid groups (broad SMARTS) is 1. The second-order valence-electron chi connectivity index (χ2n) is 4.32. The molecular weight excluding hydrogens is 322 g/mol. The third-order valence-electron chi connectivity index (χ3n) is 3.05. The number of carbonyl (C=O) groups is 1. The van der Waals surface area contributed by atoms with Gasteiger partial charge < -0.3 is 5.11 Å². The maximum atomic E-state index is 11.2. The summed E-state index contributed by atoms with van der Waals surface area (Å²) in [5.41, 5.74) is 2.34. The number of aromatic carboxylic acids is 1. The Hall–Kier alpha value is -2.21. The molecule has 100 valence electrons. The van der Waals surface area contributed by atoms with Gasteiger partial charge in [0.05, 0.1) is 17.6 Å². The zero-order valence-electron chi connectivity index (χ0n) is 10.3. The first kappa shape index (κ1) is 12.8. The molecule has 6 heteroatoms. The molecule has 3 aromatic rings.